The molecule has 6 heteroatoms. The molecule has 1 fully saturated rings. The van der Waals surface area contributed by atoms with Crippen LogP contribution >= 0.6 is 0 Å². The Morgan fingerprint density at radius 1 is 1.69 bits per heavy atom. The summed E-state index contributed by atoms with van der Waals surface area (Å²) in [5.74, 6) is -0.105. The number of nitrogens with zero attached hydrogens (tertiary/aromatic N) is 1. The van der Waals surface area contributed by atoms with Crippen molar-refractivity contribution in [3.05, 3.63) is 0 Å². The zero-order chi connectivity index (χ0) is 12.1. The lowest BCUT2D eigenvalue weighted by molar-refractivity contribution is -0.133. The van der Waals surface area contributed by atoms with Crippen LogP contribution in [0.15, 0.2) is 0 Å². The first kappa shape index (κ1) is 13.4. The van der Waals surface area contributed by atoms with Crippen LogP contribution in [0.25, 0.3) is 0 Å². The number of rotatable bonds is 5. The van der Waals surface area contributed by atoms with E-state index in [-0.39, 0.29) is 25.1 Å². The average Bonchev–Trinajstić information content (AvgIpc) is 2.64. The Balaban J connectivity index is 2.35. The Bertz CT molecular complexity index is 237. The fourth-order valence-electron chi connectivity index (χ4n) is 1.82. The molecular weight excluding hydrogens is 212 g/mol. The summed E-state index contributed by atoms with van der Waals surface area (Å²) in [7, 11) is 3.13. The van der Waals surface area contributed by atoms with Crippen LogP contribution in [-0.2, 0) is 9.53 Å². The molecule has 3 atom stereocenters. The van der Waals surface area contributed by atoms with E-state index in [2.05, 4.69) is 5.32 Å². The van der Waals surface area contributed by atoms with Gasteiger partial charge in [0.1, 0.15) is 0 Å². The molecule has 0 aromatic heterocycles. The molecule has 1 rings (SSSR count). The highest BCUT2D eigenvalue weighted by Crippen LogP contribution is 2.09. The second kappa shape index (κ2) is 6.15. The second-order valence-corrected chi connectivity index (χ2v) is 4.18. The zero-order valence-electron chi connectivity index (χ0n) is 9.72. The van der Waals surface area contributed by atoms with Crippen molar-refractivity contribution in [2.75, 3.05) is 33.9 Å². The van der Waals surface area contributed by atoms with Crippen LogP contribution in [0.2, 0.25) is 0 Å². The third-order valence-corrected chi connectivity index (χ3v) is 2.63. The standard InChI is InChI=1S/C10H20N2O4/c1-12(5-8(14)6-16-2)10(15)9-3-7(13)4-11-9/h7-9,11,13-14H,3-6H2,1-2H3. The summed E-state index contributed by atoms with van der Waals surface area (Å²) in [4.78, 5) is 13.3. The van der Waals surface area contributed by atoms with Gasteiger partial charge in [-0.3, -0.25) is 4.79 Å². The maximum absolute atomic E-state index is 11.8. The third kappa shape index (κ3) is 3.71. The van der Waals surface area contributed by atoms with Crippen molar-refractivity contribution in [1.29, 1.82) is 0 Å². The monoisotopic (exact) mass is 232 g/mol. The number of carbonyl (C=O) groups is 1. The molecule has 1 aliphatic heterocycles. The molecule has 16 heavy (non-hydrogen) atoms. The van der Waals surface area contributed by atoms with E-state index in [1.807, 2.05) is 0 Å². The lowest BCUT2D eigenvalue weighted by Crippen LogP contribution is -2.45. The van der Waals surface area contributed by atoms with Crippen LogP contribution in [0.4, 0.5) is 0 Å². The molecule has 0 saturated carbocycles. The lowest BCUT2D eigenvalue weighted by atomic mass is 10.2. The van der Waals surface area contributed by atoms with Gasteiger partial charge in [0.25, 0.3) is 0 Å². The number of hydrogen-bond acceptors (Lipinski definition) is 5. The molecular formula is C10H20N2O4. The van der Waals surface area contributed by atoms with E-state index >= 15 is 0 Å². The van der Waals surface area contributed by atoms with Crippen molar-refractivity contribution in [2.45, 2.75) is 24.7 Å². The smallest absolute Gasteiger partial charge is 0.239 e. The van der Waals surface area contributed by atoms with Gasteiger partial charge >= 0.3 is 0 Å². The van der Waals surface area contributed by atoms with Crippen LogP contribution < -0.4 is 5.32 Å². The number of nitrogens with one attached hydrogen (secondary N) is 1. The molecule has 0 spiro atoms. The number of aliphatic hydroxyl groups is 2. The zero-order valence-corrected chi connectivity index (χ0v) is 9.72. The normalized spacial score (nSPS) is 26.8. The highest BCUT2D eigenvalue weighted by Gasteiger charge is 2.30. The molecule has 94 valence electrons. The van der Waals surface area contributed by atoms with Gasteiger partial charge in [0.05, 0.1) is 24.9 Å². The number of ether oxygens (including phenoxy) is 1. The molecule has 0 aromatic carbocycles. The Labute approximate surface area is 95.2 Å². The van der Waals surface area contributed by atoms with E-state index in [0.717, 1.165) is 0 Å². The second-order valence-electron chi connectivity index (χ2n) is 4.18. The molecule has 6 nitrogen and oxygen atoms in total. The lowest BCUT2D eigenvalue weighted by Gasteiger charge is -2.23. The Morgan fingerprint density at radius 3 is 2.88 bits per heavy atom. The molecule has 1 heterocycles. The SMILES string of the molecule is COCC(O)CN(C)C(=O)C1CC(O)CN1. The third-order valence-electron chi connectivity index (χ3n) is 2.63. The van der Waals surface area contributed by atoms with E-state index in [9.17, 15) is 15.0 Å². The summed E-state index contributed by atoms with van der Waals surface area (Å²) in [6, 6.07) is -0.338. The summed E-state index contributed by atoms with van der Waals surface area (Å²) in [5.41, 5.74) is 0. The number of amides is 1. The Morgan fingerprint density at radius 2 is 2.38 bits per heavy atom. The molecule has 1 amide bonds. The fraction of sp³-hybridized carbons (Fsp3) is 0.900. The predicted molar refractivity (Wildman–Crippen MR) is 57.9 cm³/mol. The van der Waals surface area contributed by atoms with Gasteiger partial charge in [0.15, 0.2) is 0 Å². The molecule has 1 aliphatic rings. The van der Waals surface area contributed by atoms with E-state index in [0.29, 0.717) is 13.0 Å². The van der Waals surface area contributed by atoms with Crippen molar-refractivity contribution in [3.63, 3.8) is 0 Å². The number of aliphatic hydroxyl groups excluding tert-OH is 2. The minimum Gasteiger partial charge on any atom is -0.392 e. The molecule has 0 aliphatic carbocycles. The molecule has 0 radical (unpaired) electrons. The quantitative estimate of drug-likeness (QED) is 0.520. The van der Waals surface area contributed by atoms with Crippen LogP contribution in [0.5, 0.6) is 0 Å². The van der Waals surface area contributed by atoms with Crippen molar-refractivity contribution >= 4 is 5.91 Å². The first-order valence-electron chi connectivity index (χ1n) is 5.38. The fourth-order valence-corrected chi connectivity index (χ4v) is 1.82. The predicted octanol–water partition coefficient (Wildman–Crippen LogP) is -1.83. The molecule has 1 saturated heterocycles. The number of carbonyl (C=O) groups excluding carboxylic acids is 1. The Hall–Kier alpha value is -0.690. The summed E-state index contributed by atoms with van der Waals surface area (Å²) >= 11 is 0. The van der Waals surface area contributed by atoms with Gasteiger partial charge in [-0.25, -0.2) is 0 Å². The minimum atomic E-state index is -0.676. The first-order chi connectivity index (χ1) is 7.54. The van der Waals surface area contributed by atoms with Gasteiger partial charge in [-0.05, 0) is 6.42 Å². The van der Waals surface area contributed by atoms with Crippen molar-refractivity contribution < 1.29 is 19.7 Å². The van der Waals surface area contributed by atoms with Crippen LogP contribution in [-0.4, -0.2) is 73.1 Å². The van der Waals surface area contributed by atoms with E-state index in [1.54, 1.807) is 7.05 Å². The van der Waals surface area contributed by atoms with Crippen LogP contribution in [0, 0.1) is 0 Å². The highest BCUT2D eigenvalue weighted by atomic mass is 16.5. The van der Waals surface area contributed by atoms with Gasteiger partial charge in [-0.15, -0.1) is 0 Å². The number of β-amino-alcohol motifs (C(OH)–C–C–N with tert-alkyl or cyclic N) is 1. The Kier molecular flexibility index (Phi) is 5.14. The van der Waals surface area contributed by atoms with E-state index in [1.165, 1.54) is 12.0 Å². The number of likely N-dealkylation sites (N-methyl/N-ethyl adjacent to an activating group) is 1. The largest absolute Gasteiger partial charge is 0.392 e. The van der Waals surface area contributed by atoms with Gasteiger partial charge in [-0.2, -0.15) is 0 Å². The van der Waals surface area contributed by atoms with E-state index in [4.69, 9.17) is 4.74 Å². The number of methoxy groups -OCH3 is 1. The van der Waals surface area contributed by atoms with Crippen molar-refractivity contribution in [1.82, 2.24) is 10.2 Å². The summed E-state index contributed by atoms with van der Waals surface area (Å²) in [6.07, 6.45) is -0.694. The van der Waals surface area contributed by atoms with Crippen molar-refractivity contribution in [2.24, 2.45) is 0 Å². The average molecular weight is 232 g/mol. The summed E-state index contributed by atoms with van der Waals surface area (Å²) < 4.78 is 4.78. The molecule has 0 bridgehead atoms. The highest BCUT2D eigenvalue weighted by molar-refractivity contribution is 5.82. The van der Waals surface area contributed by atoms with Gasteiger partial charge in [0.2, 0.25) is 5.91 Å². The minimum absolute atomic E-state index is 0.105. The number of hydrogen-bond donors (Lipinski definition) is 3. The van der Waals surface area contributed by atoms with Gasteiger partial charge in [0, 0.05) is 27.2 Å². The van der Waals surface area contributed by atoms with Gasteiger partial charge in [-0.1, -0.05) is 0 Å². The molecule has 0 aromatic rings. The maximum Gasteiger partial charge on any atom is 0.239 e. The van der Waals surface area contributed by atoms with Gasteiger partial charge < -0.3 is 25.2 Å². The maximum atomic E-state index is 11.8. The molecule has 3 unspecified atom stereocenters. The van der Waals surface area contributed by atoms with E-state index < -0.39 is 12.2 Å². The van der Waals surface area contributed by atoms with Crippen molar-refractivity contribution in [3.8, 4) is 0 Å². The first-order valence-corrected chi connectivity index (χ1v) is 5.38. The van der Waals surface area contributed by atoms with Crippen LogP contribution in [0.1, 0.15) is 6.42 Å². The summed E-state index contributed by atoms with van der Waals surface area (Å²) in [6.45, 7) is 0.893. The molecule has 3 N–H and O–H groups in total. The summed E-state index contributed by atoms with van der Waals surface area (Å²) in [5, 5.41) is 21.7. The van der Waals surface area contributed by atoms with Crippen LogP contribution in [0.3, 0.4) is 0 Å². The topological polar surface area (TPSA) is 82.0 Å².